The van der Waals surface area contributed by atoms with Crippen LogP contribution < -0.4 is 11.3 Å². The number of amides is 1. The molecule has 1 unspecified atom stereocenters. The highest BCUT2D eigenvalue weighted by Crippen LogP contribution is 2.09. The second-order valence-electron chi connectivity index (χ2n) is 4.04. The number of nitrogens with one attached hydrogen (secondary N) is 1. The lowest BCUT2D eigenvalue weighted by atomic mass is 10.1. The van der Waals surface area contributed by atoms with Crippen LogP contribution in [-0.4, -0.2) is 28.4 Å². The van der Waals surface area contributed by atoms with E-state index >= 15 is 0 Å². The van der Waals surface area contributed by atoms with Crippen molar-refractivity contribution in [2.24, 2.45) is 5.84 Å². The summed E-state index contributed by atoms with van der Waals surface area (Å²) in [6.07, 6.45) is 3.97. The van der Waals surface area contributed by atoms with E-state index in [9.17, 15) is 4.79 Å². The van der Waals surface area contributed by atoms with E-state index in [-0.39, 0.29) is 11.9 Å². The number of carbonyl (C=O) groups is 1. The highest BCUT2D eigenvalue weighted by Gasteiger charge is 2.15. The Hall–Kier alpha value is -1.46. The summed E-state index contributed by atoms with van der Waals surface area (Å²) in [6.45, 7) is 5.82. The fraction of sp³-hybridized carbons (Fsp3) is 0.500. The average molecular weight is 236 g/mol. The fourth-order valence-electron chi connectivity index (χ4n) is 1.76. The second kappa shape index (κ2) is 6.98. The molecule has 0 aliphatic carbocycles. The molecule has 1 aromatic heterocycles. The van der Waals surface area contributed by atoms with Gasteiger partial charge in [0.25, 0.3) is 0 Å². The van der Waals surface area contributed by atoms with E-state index in [0.717, 1.165) is 13.1 Å². The van der Waals surface area contributed by atoms with Gasteiger partial charge in [-0.25, -0.2) is 5.84 Å². The predicted molar refractivity (Wildman–Crippen MR) is 66.7 cm³/mol. The molecule has 5 nitrogen and oxygen atoms in total. The molecule has 0 spiro atoms. The van der Waals surface area contributed by atoms with E-state index in [1.807, 2.05) is 19.1 Å². The Balaban J connectivity index is 2.56. The molecule has 1 amide bonds. The van der Waals surface area contributed by atoms with Crippen LogP contribution >= 0.6 is 0 Å². The molecule has 0 fully saturated rings. The zero-order valence-electron chi connectivity index (χ0n) is 10.4. The van der Waals surface area contributed by atoms with Crippen molar-refractivity contribution in [2.45, 2.75) is 32.9 Å². The molecule has 3 N–H and O–H groups in total. The maximum Gasteiger partial charge on any atom is 0.235 e. The van der Waals surface area contributed by atoms with Gasteiger partial charge < -0.3 is 0 Å². The molecular weight excluding hydrogens is 216 g/mol. The third kappa shape index (κ3) is 4.50. The minimum atomic E-state index is -0.134. The summed E-state index contributed by atoms with van der Waals surface area (Å²) in [5.41, 5.74) is 3.36. The third-order valence-corrected chi connectivity index (χ3v) is 2.81. The van der Waals surface area contributed by atoms with Gasteiger partial charge in [0.15, 0.2) is 0 Å². The lowest BCUT2D eigenvalue weighted by Gasteiger charge is -2.27. The molecule has 94 valence electrons. The number of carbonyl (C=O) groups excluding carboxylic acids is 1. The van der Waals surface area contributed by atoms with Crippen LogP contribution in [0.25, 0.3) is 0 Å². The molecule has 1 heterocycles. The van der Waals surface area contributed by atoms with Gasteiger partial charge in [-0.1, -0.05) is 6.92 Å². The SMILES string of the molecule is CCN(Cc1ccncc1)C(C)CC(=O)NN. The first-order valence-corrected chi connectivity index (χ1v) is 5.79. The van der Waals surface area contributed by atoms with Gasteiger partial charge in [0.05, 0.1) is 0 Å². The number of nitrogens with two attached hydrogens (primary N) is 1. The van der Waals surface area contributed by atoms with Gasteiger partial charge in [0.2, 0.25) is 5.91 Å². The lowest BCUT2D eigenvalue weighted by molar-refractivity contribution is -0.122. The van der Waals surface area contributed by atoms with Crippen molar-refractivity contribution in [1.82, 2.24) is 15.3 Å². The van der Waals surface area contributed by atoms with Crippen LogP contribution in [0.3, 0.4) is 0 Å². The van der Waals surface area contributed by atoms with E-state index in [0.29, 0.717) is 6.42 Å². The molecule has 17 heavy (non-hydrogen) atoms. The highest BCUT2D eigenvalue weighted by molar-refractivity contribution is 5.75. The van der Waals surface area contributed by atoms with E-state index < -0.39 is 0 Å². The normalized spacial score (nSPS) is 12.5. The van der Waals surface area contributed by atoms with Crippen LogP contribution in [0.2, 0.25) is 0 Å². The number of aromatic nitrogens is 1. The summed E-state index contributed by atoms with van der Waals surface area (Å²) < 4.78 is 0. The predicted octanol–water partition coefficient (Wildman–Crippen LogP) is 0.672. The molecule has 1 rings (SSSR count). The van der Waals surface area contributed by atoms with Crippen molar-refractivity contribution >= 4 is 5.91 Å². The number of rotatable bonds is 6. The molecule has 0 bridgehead atoms. The van der Waals surface area contributed by atoms with Gasteiger partial charge in [-0.05, 0) is 31.2 Å². The van der Waals surface area contributed by atoms with Crippen LogP contribution in [0, 0.1) is 0 Å². The van der Waals surface area contributed by atoms with E-state index in [2.05, 4.69) is 22.2 Å². The molecule has 0 aliphatic rings. The maximum atomic E-state index is 11.2. The Morgan fingerprint density at radius 3 is 2.71 bits per heavy atom. The van der Waals surface area contributed by atoms with E-state index in [4.69, 9.17) is 5.84 Å². The minimum absolute atomic E-state index is 0.134. The molecule has 0 saturated carbocycles. The van der Waals surface area contributed by atoms with Gasteiger partial charge >= 0.3 is 0 Å². The molecule has 0 radical (unpaired) electrons. The Kier molecular flexibility index (Phi) is 5.59. The first-order valence-electron chi connectivity index (χ1n) is 5.79. The zero-order valence-corrected chi connectivity index (χ0v) is 10.4. The monoisotopic (exact) mass is 236 g/mol. The Labute approximate surface area is 102 Å². The Bertz CT molecular complexity index is 342. The molecule has 0 aromatic carbocycles. The van der Waals surface area contributed by atoms with Gasteiger partial charge in [-0.15, -0.1) is 0 Å². The van der Waals surface area contributed by atoms with Crippen molar-refractivity contribution in [3.8, 4) is 0 Å². The second-order valence-corrected chi connectivity index (χ2v) is 4.04. The lowest BCUT2D eigenvalue weighted by Crippen LogP contribution is -2.39. The molecule has 1 aromatic rings. The van der Waals surface area contributed by atoms with Crippen molar-refractivity contribution in [3.63, 3.8) is 0 Å². The zero-order chi connectivity index (χ0) is 12.7. The summed E-state index contributed by atoms with van der Waals surface area (Å²) in [5, 5.41) is 0. The fourth-order valence-corrected chi connectivity index (χ4v) is 1.76. The molecule has 0 saturated heterocycles. The van der Waals surface area contributed by atoms with Crippen LogP contribution in [-0.2, 0) is 11.3 Å². The maximum absolute atomic E-state index is 11.2. The number of hydrogen-bond donors (Lipinski definition) is 2. The summed E-state index contributed by atoms with van der Waals surface area (Å²) in [7, 11) is 0. The van der Waals surface area contributed by atoms with Crippen molar-refractivity contribution in [2.75, 3.05) is 6.54 Å². The van der Waals surface area contributed by atoms with Gasteiger partial charge in [0.1, 0.15) is 0 Å². The van der Waals surface area contributed by atoms with Crippen molar-refractivity contribution in [1.29, 1.82) is 0 Å². The van der Waals surface area contributed by atoms with Crippen LogP contribution in [0.1, 0.15) is 25.8 Å². The van der Waals surface area contributed by atoms with Gasteiger partial charge in [0, 0.05) is 31.4 Å². The Morgan fingerprint density at radius 1 is 1.53 bits per heavy atom. The minimum Gasteiger partial charge on any atom is -0.296 e. The first-order chi connectivity index (χ1) is 8.17. The van der Waals surface area contributed by atoms with Crippen LogP contribution in [0.4, 0.5) is 0 Å². The van der Waals surface area contributed by atoms with Crippen molar-refractivity contribution < 1.29 is 4.79 Å². The average Bonchev–Trinajstić information content (AvgIpc) is 2.36. The summed E-state index contributed by atoms with van der Waals surface area (Å²) in [4.78, 5) is 17.4. The quantitative estimate of drug-likeness (QED) is 0.433. The van der Waals surface area contributed by atoms with E-state index in [1.165, 1.54) is 5.56 Å². The van der Waals surface area contributed by atoms with E-state index in [1.54, 1.807) is 12.4 Å². The largest absolute Gasteiger partial charge is 0.296 e. The molecule has 1 atom stereocenters. The van der Waals surface area contributed by atoms with Crippen LogP contribution in [0.5, 0.6) is 0 Å². The highest BCUT2D eigenvalue weighted by atomic mass is 16.2. The number of hydrogen-bond acceptors (Lipinski definition) is 4. The molecule has 0 aliphatic heterocycles. The first kappa shape index (κ1) is 13.6. The van der Waals surface area contributed by atoms with Gasteiger partial charge in [-0.3, -0.25) is 20.1 Å². The van der Waals surface area contributed by atoms with Gasteiger partial charge in [-0.2, -0.15) is 0 Å². The standard InChI is InChI=1S/C12H20N4O/c1-3-16(10(2)8-12(17)15-13)9-11-4-6-14-7-5-11/h4-7,10H,3,8-9,13H2,1-2H3,(H,15,17). The Morgan fingerprint density at radius 2 is 2.18 bits per heavy atom. The smallest absolute Gasteiger partial charge is 0.235 e. The topological polar surface area (TPSA) is 71.2 Å². The number of nitrogens with zero attached hydrogens (tertiary/aromatic N) is 2. The van der Waals surface area contributed by atoms with Crippen LogP contribution in [0.15, 0.2) is 24.5 Å². The summed E-state index contributed by atoms with van der Waals surface area (Å²) >= 11 is 0. The summed E-state index contributed by atoms with van der Waals surface area (Å²) in [5.74, 6) is 4.95. The summed E-state index contributed by atoms with van der Waals surface area (Å²) in [6, 6.07) is 4.13. The van der Waals surface area contributed by atoms with Crippen molar-refractivity contribution in [3.05, 3.63) is 30.1 Å². The molecule has 5 heteroatoms. The molecular formula is C12H20N4O. The number of pyridine rings is 1. The number of hydrazine groups is 1. The third-order valence-electron chi connectivity index (χ3n) is 2.81.